The highest BCUT2D eigenvalue weighted by Crippen LogP contribution is 2.39. The van der Waals surface area contributed by atoms with Crippen LogP contribution in [0.1, 0.15) is 47.4 Å². The van der Waals surface area contributed by atoms with E-state index in [4.69, 9.17) is 4.74 Å². The van der Waals surface area contributed by atoms with Crippen LogP contribution >= 0.6 is 0 Å². The molecule has 2 aromatic rings. The van der Waals surface area contributed by atoms with Crippen LogP contribution in [0.5, 0.6) is 0 Å². The first-order chi connectivity index (χ1) is 16.7. The highest BCUT2D eigenvalue weighted by Gasteiger charge is 2.54. The molecule has 2 saturated heterocycles. The first-order valence-electron chi connectivity index (χ1n) is 11.8. The molecule has 2 heterocycles. The van der Waals surface area contributed by atoms with E-state index in [1.165, 1.54) is 47.4 Å². The summed E-state index contributed by atoms with van der Waals surface area (Å²) < 4.78 is 33.3. The third-order valence-electron chi connectivity index (χ3n) is 6.46. The summed E-state index contributed by atoms with van der Waals surface area (Å²) in [6.45, 7) is 4.96. The molecule has 0 radical (unpaired) electrons. The van der Waals surface area contributed by atoms with Gasteiger partial charge < -0.3 is 15.0 Å². The van der Waals surface area contributed by atoms with Crippen LogP contribution in [-0.4, -0.2) is 65.5 Å². The van der Waals surface area contributed by atoms with Crippen LogP contribution in [0.15, 0.2) is 48.5 Å². The molecule has 2 aliphatic rings. The van der Waals surface area contributed by atoms with E-state index in [0.29, 0.717) is 12.1 Å². The Morgan fingerprint density at radius 1 is 1.00 bits per heavy atom. The Kier molecular flexibility index (Phi) is 7.16. The summed E-state index contributed by atoms with van der Waals surface area (Å²) >= 11 is 0. The van der Waals surface area contributed by atoms with Gasteiger partial charge in [-0.1, -0.05) is 19.9 Å². The summed E-state index contributed by atoms with van der Waals surface area (Å²) in [6.07, 6.45) is 0.573. The lowest BCUT2D eigenvalue weighted by Crippen LogP contribution is -2.60. The lowest BCUT2D eigenvalue weighted by molar-refractivity contribution is -0.128. The predicted molar refractivity (Wildman–Crippen MR) is 124 cm³/mol. The molecule has 0 saturated carbocycles. The van der Waals surface area contributed by atoms with Gasteiger partial charge in [0.2, 0.25) is 5.91 Å². The van der Waals surface area contributed by atoms with E-state index in [2.05, 4.69) is 5.32 Å². The van der Waals surface area contributed by atoms with E-state index in [9.17, 15) is 23.2 Å². The minimum absolute atomic E-state index is 0.0108. The van der Waals surface area contributed by atoms with Gasteiger partial charge in [-0.15, -0.1) is 0 Å². The molecule has 1 spiro atoms. The first kappa shape index (κ1) is 24.8. The number of piperidine rings is 1. The summed E-state index contributed by atoms with van der Waals surface area (Å²) in [5.41, 5.74) is -0.599. The van der Waals surface area contributed by atoms with Crippen LogP contribution in [0.2, 0.25) is 0 Å². The number of benzene rings is 2. The first-order valence-corrected chi connectivity index (χ1v) is 11.8. The van der Waals surface area contributed by atoms with Crippen LogP contribution in [0.25, 0.3) is 0 Å². The largest absolute Gasteiger partial charge is 0.354 e. The van der Waals surface area contributed by atoms with Gasteiger partial charge in [-0.25, -0.2) is 8.78 Å². The number of rotatable bonds is 5. The van der Waals surface area contributed by atoms with E-state index >= 15 is 0 Å². The van der Waals surface area contributed by atoms with Gasteiger partial charge in [-0.3, -0.25) is 19.3 Å². The fraction of sp³-hybridized carbons (Fsp3) is 0.423. The number of carbonyl (C=O) groups is 3. The molecule has 7 nitrogen and oxygen atoms in total. The van der Waals surface area contributed by atoms with Gasteiger partial charge in [0.1, 0.15) is 23.4 Å². The SMILES string of the molecule is CC(C)CNC(=O)[C@@H]1COC2(CCN(C(=O)c3ccc(F)cc3)CC2)N1C(=O)c1cccc(F)c1. The van der Waals surface area contributed by atoms with Gasteiger partial charge in [0, 0.05) is 43.6 Å². The maximum absolute atomic E-state index is 13.9. The summed E-state index contributed by atoms with van der Waals surface area (Å²) in [7, 11) is 0. The number of halogens is 2. The van der Waals surface area contributed by atoms with Crippen molar-refractivity contribution in [2.75, 3.05) is 26.2 Å². The molecule has 3 amide bonds. The molecule has 0 unspecified atom stereocenters. The topological polar surface area (TPSA) is 79.0 Å². The molecule has 0 aromatic heterocycles. The average Bonchev–Trinajstić information content (AvgIpc) is 3.21. The molecular weight excluding hydrogens is 456 g/mol. The Morgan fingerprint density at radius 2 is 1.69 bits per heavy atom. The van der Waals surface area contributed by atoms with Crippen LogP contribution in [0, 0.1) is 17.6 Å². The van der Waals surface area contributed by atoms with Gasteiger partial charge in [0.15, 0.2) is 0 Å². The lowest BCUT2D eigenvalue weighted by atomic mass is 9.96. The van der Waals surface area contributed by atoms with E-state index in [0.717, 1.165) is 6.07 Å². The van der Waals surface area contributed by atoms with Crippen molar-refractivity contribution in [2.45, 2.75) is 38.5 Å². The standard InChI is InChI=1S/C26H29F2N3O4/c1-17(2)15-29-23(32)22-16-35-26(31(22)25(34)19-4-3-5-21(28)14-19)10-12-30(13-11-26)24(33)18-6-8-20(27)9-7-18/h3-9,14,17,22H,10-13,15-16H2,1-2H3,(H,29,32)/t22-/m0/s1. The van der Waals surface area contributed by atoms with Crippen LogP contribution in [0.4, 0.5) is 8.78 Å². The fourth-order valence-corrected chi connectivity index (χ4v) is 4.58. The van der Waals surface area contributed by atoms with Crippen molar-refractivity contribution < 1.29 is 27.9 Å². The Hall–Kier alpha value is -3.33. The average molecular weight is 486 g/mol. The van der Waals surface area contributed by atoms with Crippen molar-refractivity contribution in [3.8, 4) is 0 Å². The Labute approximate surface area is 203 Å². The molecule has 186 valence electrons. The number of ether oxygens (including phenoxy) is 1. The molecule has 9 heteroatoms. The van der Waals surface area contributed by atoms with Crippen LogP contribution < -0.4 is 5.32 Å². The smallest absolute Gasteiger partial charge is 0.256 e. The maximum Gasteiger partial charge on any atom is 0.256 e. The number of carbonyl (C=O) groups excluding carboxylic acids is 3. The third kappa shape index (κ3) is 5.19. The van der Waals surface area contributed by atoms with Crippen LogP contribution in [-0.2, 0) is 9.53 Å². The molecule has 4 rings (SSSR count). The molecule has 0 aliphatic carbocycles. The second-order valence-corrected chi connectivity index (χ2v) is 9.40. The number of hydrogen-bond acceptors (Lipinski definition) is 4. The van der Waals surface area contributed by atoms with Crippen molar-refractivity contribution in [3.05, 3.63) is 71.3 Å². The monoisotopic (exact) mass is 485 g/mol. The summed E-state index contributed by atoms with van der Waals surface area (Å²) in [4.78, 5) is 42.5. The summed E-state index contributed by atoms with van der Waals surface area (Å²) in [6, 6.07) is 9.81. The molecule has 2 aromatic carbocycles. The third-order valence-corrected chi connectivity index (χ3v) is 6.46. The van der Waals surface area contributed by atoms with Crippen molar-refractivity contribution in [1.82, 2.24) is 15.1 Å². The highest BCUT2D eigenvalue weighted by molar-refractivity contribution is 5.98. The summed E-state index contributed by atoms with van der Waals surface area (Å²) in [5.74, 6) is -1.82. The van der Waals surface area contributed by atoms with Gasteiger partial charge in [0.05, 0.1) is 6.61 Å². The number of likely N-dealkylation sites (tertiary alicyclic amines) is 1. The van der Waals surface area contributed by atoms with Gasteiger partial charge in [-0.05, 0) is 48.4 Å². The van der Waals surface area contributed by atoms with E-state index in [1.807, 2.05) is 13.8 Å². The maximum atomic E-state index is 13.9. The van der Waals surface area contributed by atoms with Crippen molar-refractivity contribution in [2.24, 2.45) is 5.92 Å². The zero-order chi connectivity index (χ0) is 25.2. The molecule has 0 bridgehead atoms. The normalized spacial score (nSPS) is 19.3. The Morgan fingerprint density at radius 3 is 2.31 bits per heavy atom. The second kappa shape index (κ2) is 10.1. The van der Waals surface area contributed by atoms with Gasteiger partial charge >= 0.3 is 0 Å². The lowest BCUT2D eigenvalue weighted by Gasteiger charge is -2.44. The number of nitrogens with one attached hydrogen (secondary N) is 1. The minimum Gasteiger partial charge on any atom is -0.354 e. The molecule has 1 N–H and O–H groups in total. The van der Waals surface area contributed by atoms with E-state index < -0.39 is 29.3 Å². The minimum atomic E-state index is -1.09. The molecule has 2 fully saturated rings. The number of hydrogen-bond donors (Lipinski definition) is 1. The van der Waals surface area contributed by atoms with Crippen molar-refractivity contribution >= 4 is 17.7 Å². The molecule has 1 atom stereocenters. The number of nitrogens with zero attached hydrogens (tertiary/aromatic N) is 2. The predicted octanol–water partition coefficient (Wildman–Crippen LogP) is 3.21. The van der Waals surface area contributed by atoms with Crippen molar-refractivity contribution in [1.29, 1.82) is 0 Å². The Bertz CT molecular complexity index is 1100. The fourth-order valence-electron chi connectivity index (χ4n) is 4.58. The van der Waals surface area contributed by atoms with E-state index in [-0.39, 0.29) is 55.8 Å². The quantitative estimate of drug-likeness (QED) is 0.706. The van der Waals surface area contributed by atoms with Gasteiger partial charge in [0.25, 0.3) is 11.8 Å². The zero-order valence-electron chi connectivity index (χ0n) is 19.8. The number of amides is 3. The Balaban J connectivity index is 1.56. The second-order valence-electron chi connectivity index (χ2n) is 9.40. The van der Waals surface area contributed by atoms with Gasteiger partial charge in [-0.2, -0.15) is 0 Å². The summed E-state index contributed by atoms with van der Waals surface area (Å²) in [5, 5.41) is 2.86. The molecule has 2 aliphatic heterocycles. The zero-order valence-corrected chi connectivity index (χ0v) is 19.8. The van der Waals surface area contributed by atoms with E-state index in [1.54, 1.807) is 4.90 Å². The molecular formula is C26H29F2N3O4. The highest BCUT2D eigenvalue weighted by atomic mass is 19.1. The van der Waals surface area contributed by atoms with Crippen molar-refractivity contribution in [3.63, 3.8) is 0 Å². The van der Waals surface area contributed by atoms with Crippen LogP contribution in [0.3, 0.4) is 0 Å². The molecule has 35 heavy (non-hydrogen) atoms.